The van der Waals surface area contributed by atoms with Crippen LogP contribution in [-0.2, 0) is 22.4 Å². The predicted molar refractivity (Wildman–Crippen MR) is 147 cm³/mol. The molecule has 2 aliphatic heterocycles. The summed E-state index contributed by atoms with van der Waals surface area (Å²) < 4.78 is 5.68. The lowest BCUT2D eigenvalue weighted by molar-refractivity contribution is -0.143. The number of benzene rings is 1. The Kier molecular flexibility index (Phi) is 10.1. The molecule has 2 aromatic rings. The number of hydrogen-bond acceptors (Lipinski definition) is 6. The van der Waals surface area contributed by atoms with Crippen LogP contribution < -0.4 is 10.5 Å². The molecule has 1 fully saturated rings. The summed E-state index contributed by atoms with van der Waals surface area (Å²) in [5.74, 6) is -0.639. The number of rotatable bonds is 14. The molecule has 3 atom stereocenters. The average Bonchev–Trinajstić information content (AvgIpc) is 3.54. The third kappa shape index (κ3) is 6.91. The van der Waals surface area contributed by atoms with Crippen molar-refractivity contribution in [3.05, 3.63) is 59.4 Å². The first kappa shape index (κ1) is 28.0. The van der Waals surface area contributed by atoms with Crippen molar-refractivity contribution in [2.75, 3.05) is 39.3 Å². The molecule has 1 aromatic carbocycles. The highest BCUT2D eigenvalue weighted by Crippen LogP contribution is 2.41. The molecule has 0 bridgehead atoms. The number of hydrogen-bond donors (Lipinski definition) is 2. The number of aryl methyl sites for hydroxylation is 1. The minimum Gasteiger partial charge on any atom is -0.493 e. The highest BCUT2D eigenvalue weighted by atomic mass is 16.5. The van der Waals surface area contributed by atoms with Gasteiger partial charge >= 0.3 is 5.97 Å². The number of unbranched alkanes of at least 4 members (excludes halogenated alkanes) is 2. The summed E-state index contributed by atoms with van der Waals surface area (Å²) in [5, 5.41) is 10.5. The van der Waals surface area contributed by atoms with Gasteiger partial charge in [-0.3, -0.25) is 19.5 Å². The lowest BCUT2D eigenvalue weighted by Crippen LogP contribution is -2.45. The van der Waals surface area contributed by atoms with E-state index in [-0.39, 0.29) is 24.4 Å². The van der Waals surface area contributed by atoms with Gasteiger partial charge in [0, 0.05) is 49.9 Å². The Labute approximate surface area is 226 Å². The zero-order valence-corrected chi connectivity index (χ0v) is 22.6. The van der Waals surface area contributed by atoms with E-state index in [1.54, 1.807) is 6.20 Å². The smallest absolute Gasteiger partial charge is 0.308 e. The molecule has 2 aliphatic rings. The van der Waals surface area contributed by atoms with Crippen LogP contribution in [0.1, 0.15) is 61.8 Å². The van der Waals surface area contributed by atoms with Crippen LogP contribution in [0.15, 0.2) is 42.6 Å². The number of aliphatic carboxylic acids is 1. The number of amides is 1. The number of carbonyl (C=O) groups is 2. The van der Waals surface area contributed by atoms with Gasteiger partial charge in [0.25, 0.3) is 0 Å². The Balaban J connectivity index is 1.57. The summed E-state index contributed by atoms with van der Waals surface area (Å²) in [4.78, 5) is 34.8. The standard InChI is InChI=1S/C30H42N4O4/c1-2-3-16-33(17-7-5-14-31)28(35)21-34-20-25(22-9-12-27-23(19-22)13-18-38-27)29(30(36)37)26(34)11-10-24-8-4-6-15-32-24/h4,6,8-9,12,15,19,25-26,29H,2-3,5,7,10-11,13-14,16-18,20-21,31H2,1H3,(H,36,37). The third-order valence-electron chi connectivity index (χ3n) is 7.95. The van der Waals surface area contributed by atoms with Crippen LogP contribution in [-0.4, -0.2) is 77.1 Å². The van der Waals surface area contributed by atoms with E-state index < -0.39 is 11.9 Å². The van der Waals surface area contributed by atoms with Crippen molar-refractivity contribution in [1.29, 1.82) is 0 Å². The van der Waals surface area contributed by atoms with E-state index in [0.29, 0.717) is 39.1 Å². The number of fused-ring (bicyclic) bond motifs is 1. The molecule has 3 unspecified atom stereocenters. The zero-order chi connectivity index (χ0) is 26.9. The minimum atomic E-state index is -0.807. The van der Waals surface area contributed by atoms with Crippen LogP contribution in [0.5, 0.6) is 5.75 Å². The van der Waals surface area contributed by atoms with Crippen molar-refractivity contribution in [3.8, 4) is 5.75 Å². The molecule has 0 spiro atoms. The Morgan fingerprint density at radius 3 is 2.76 bits per heavy atom. The lowest BCUT2D eigenvalue weighted by atomic mass is 9.83. The van der Waals surface area contributed by atoms with E-state index in [4.69, 9.17) is 10.5 Å². The maximum absolute atomic E-state index is 13.6. The number of carboxylic acids is 1. The fourth-order valence-electron chi connectivity index (χ4n) is 5.90. The Morgan fingerprint density at radius 1 is 1.18 bits per heavy atom. The van der Waals surface area contributed by atoms with Crippen LogP contribution in [0.2, 0.25) is 0 Å². The fraction of sp³-hybridized carbons (Fsp3) is 0.567. The van der Waals surface area contributed by atoms with Gasteiger partial charge in [-0.25, -0.2) is 0 Å². The Bertz CT molecular complexity index is 1060. The molecule has 38 heavy (non-hydrogen) atoms. The van der Waals surface area contributed by atoms with Gasteiger partial charge in [0.1, 0.15) is 5.75 Å². The molecule has 0 aliphatic carbocycles. The van der Waals surface area contributed by atoms with E-state index in [2.05, 4.69) is 22.9 Å². The second kappa shape index (κ2) is 13.7. The van der Waals surface area contributed by atoms with Gasteiger partial charge in [-0.15, -0.1) is 0 Å². The largest absolute Gasteiger partial charge is 0.493 e. The van der Waals surface area contributed by atoms with Gasteiger partial charge in [0.15, 0.2) is 0 Å². The maximum atomic E-state index is 13.6. The zero-order valence-electron chi connectivity index (χ0n) is 22.6. The summed E-state index contributed by atoms with van der Waals surface area (Å²) in [5.41, 5.74) is 8.78. The van der Waals surface area contributed by atoms with Crippen molar-refractivity contribution in [2.24, 2.45) is 11.7 Å². The van der Waals surface area contributed by atoms with Gasteiger partial charge in [-0.2, -0.15) is 0 Å². The van der Waals surface area contributed by atoms with Crippen LogP contribution in [0.3, 0.4) is 0 Å². The molecule has 8 nitrogen and oxygen atoms in total. The summed E-state index contributed by atoms with van der Waals surface area (Å²) >= 11 is 0. The minimum absolute atomic E-state index is 0.0745. The summed E-state index contributed by atoms with van der Waals surface area (Å²) in [6, 6.07) is 11.6. The molecule has 0 radical (unpaired) electrons. The second-order valence-electron chi connectivity index (χ2n) is 10.5. The topological polar surface area (TPSA) is 109 Å². The van der Waals surface area contributed by atoms with E-state index >= 15 is 0 Å². The number of carbonyl (C=O) groups excluding carboxylic acids is 1. The quantitative estimate of drug-likeness (QED) is 0.366. The van der Waals surface area contributed by atoms with E-state index in [9.17, 15) is 14.7 Å². The number of nitrogens with two attached hydrogens (primary N) is 1. The van der Waals surface area contributed by atoms with E-state index in [1.165, 1.54) is 0 Å². The average molecular weight is 523 g/mol. The first-order chi connectivity index (χ1) is 18.5. The molecule has 4 rings (SSSR count). The van der Waals surface area contributed by atoms with Crippen molar-refractivity contribution in [2.45, 2.75) is 63.8 Å². The lowest BCUT2D eigenvalue weighted by Gasteiger charge is -2.29. The molecule has 1 amide bonds. The first-order valence-corrected chi connectivity index (χ1v) is 14.1. The number of carboxylic acid groups (broad SMARTS) is 1. The van der Waals surface area contributed by atoms with Gasteiger partial charge < -0.3 is 20.5 Å². The summed E-state index contributed by atoms with van der Waals surface area (Å²) in [7, 11) is 0. The molecule has 8 heteroatoms. The normalized spacial score (nSPS) is 20.7. The third-order valence-corrected chi connectivity index (χ3v) is 7.95. The van der Waals surface area contributed by atoms with Crippen molar-refractivity contribution >= 4 is 11.9 Å². The van der Waals surface area contributed by atoms with Crippen LogP contribution >= 0.6 is 0 Å². The van der Waals surface area contributed by atoms with Crippen molar-refractivity contribution < 1.29 is 19.4 Å². The van der Waals surface area contributed by atoms with Gasteiger partial charge in [0.05, 0.1) is 19.1 Å². The predicted octanol–water partition coefficient (Wildman–Crippen LogP) is 3.49. The van der Waals surface area contributed by atoms with Crippen LogP contribution in [0.4, 0.5) is 0 Å². The van der Waals surface area contributed by atoms with Crippen molar-refractivity contribution in [3.63, 3.8) is 0 Å². The van der Waals surface area contributed by atoms with Gasteiger partial charge in [0.2, 0.25) is 5.91 Å². The number of aromatic nitrogens is 1. The van der Waals surface area contributed by atoms with E-state index in [0.717, 1.165) is 61.2 Å². The molecule has 0 saturated carbocycles. The molecule has 3 heterocycles. The number of ether oxygens (including phenoxy) is 1. The summed E-state index contributed by atoms with van der Waals surface area (Å²) in [6.45, 7) is 5.60. The highest BCUT2D eigenvalue weighted by molar-refractivity contribution is 5.79. The second-order valence-corrected chi connectivity index (χ2v) is 10.5. The van der Waals surface area contributed by atoms with Crippen LogP contribution in [0, 0.1) is 5.92 Å². The molecular formula is C30H42N4O4. The van der Waals surface area contributed by atoms with Crippen LogP contribution in [0.25, 0.3) is 0 Å². The monoisotopic (exact) mass is 522 g/mol. The van der Waals surface area contributed by atoms with Gasteiger partial charge in [-0.05, 0) is 68.0 Å². The SMILES string of the molecule is CCCCN(CCCCN)C(=O)CN1CC(c2ccc3c(c2)CCO3)C(C(=O)O)C1CCc1ccccn1. The molecule has 1 aromatic heterocycles. The van der Waals surface area contributed by atoms with E-state index in [1.807, 2.05) is 35.2 Å². The van der Waals surface area contributed by atoms with Crippen molar-refractivity contribution in [1.82, 2.24) is 14.8 Å². The molecule has 1 saturated heterocycles. The summed E-state index contributed by atoms with van der Waals surface area (Å²) in [6.07, 6.45) is 7.65. The molecular weight excluding hydrogens is 480 g/mol. The van der Waals surface area contributed by atoms with Gasteiger partial charge in [-0.1, -0.05) is 31.5 Å². The Hall–Kier alpha value is -2.97. The number of likely N-dealkylation sites (tertiary alicyclic amines) is 1. The molecule has 206 valence electrons. The fourth-order valence-corrected chi connectivity index (χ4v) is 5.90. The maximum Gasteiger partial charge on any atom is 0.308 e. The Morgan fingerprint density at radius 2 is 2.03 bits per heavy atom. The number of nitrogens with zero attached hydrogens (tertiary/aromatic N) is 3. The number of pyridine rings is 1. The first-order valence-electron chi connectivity index (χ1n) is 14.1. The molecule has 3 N–H and O–H groups in total. The highest BCUT2D eigenvalue weighted by Gasteiger charge is 2.47.